The van der Waals surface area contributed by atoms with E-state index in [2.05, 4.69) is 9.97 Å². The molecular weight excluding hydrogens is 310 g/mol. The Morgan fingerprint density at radius 3 is 2.43 bits per heavy atom. The van der Waals surface area contributed by atoms with Gasteiger partial charge in [-0.25, -0.2) is 0 Å². The van der Waals surface area contributed by atoms with Crippen LogP contribution in [0.3, 0.4) is 0 Å². The molecule has 3 aromatic rings. The van der Waals surface area contributed by atoms with Gasteiger partial charge in [0, 0.05) is 22.3 Å². The van der Waals surface area contributed by atoms with Gasteiger partial charge >= 0.3 is 0 Å². The number of carbonyl (C=O) groups is 1. The molecule has 1 amide bonds. The number of hydrogen-bond donors (Lipinski definition) is 1. The minimum absolute atomic E-state index is 0.390. The fraction of sp³-hybridized carbons (Fsp3) is 0.0556. The number of aryl methyl sites for hydroxylation is 1. The summed E-state index contributed by atoms with van der Waals surface area (Å²) in [5, 5.41) is 0.657. The first-order valence-electron chi connectivity index (χ1n) is 7.05. The number of nitrogens with two attached hydrogens (primary N) is 1. The van der Waals surface area contributed by atoms with Crippen LogP contribution >= 0.6 is 11.6 Å². The second kappa shape index (κ2) is 6.18. The van der Waals surface area contributed by atoms with Crippen molar-refractivity contribution in [1.82, 2.24) is 9.97 Å². The fourth-order valence-corrected chi connectivity index (χ4v) is 2.60. The number of nitrogens with zero attached hydrogens (tertiary/aromatic N) is 2. The van der Waals surface area contributed by atoms with Crippen LogP contribution in [0, 0.1) is 6.92 Å². The molecule has 1 aromatic carbocycles. The Morgan fingerprint density at radius 1 is 1.09 bits per heavy atom. The fourth-order valence-electron chi connectivity index (χ4n) is 2.48. The van der Waals surface area contributed by atoms with Gasteiger partial charge in [0.2, 0.25) is 0 Å². The monoisotopic (exact) mass is 323 g/mol. The second-order valence-electron chi connectivity index (χ2n) is 5.10. The van der Waals surface area contributed by atoms with E-state index in [1.807, 2.05) is 36.4 Å². The average molecular weight is 324 g/mol. The largest absolute Gasteiger partial charge is 0.366 e. The van der Waals surface area contributed by atoms with Crippen LogP contribution in [-0.4, -0.2) is 15.9 Å². The number of benzene rings is 1. The van der Waals surface area contributed by atoms with Crippen molar-refractivity contribution in [3.8, 4) is 22.5 Å². The molecular formula is C18H14ClN3O. The Labute approximate surface area is 139 Å². The highest BCUT2D eigenvalue weighted by atomic mass is 35.5. The Kier molecular flexibility index (Phi) is 4.08. The second-order valence-corrected chi connectivity index (χ2v) is 5.54. The molecule has 0 unspecified atom stereocenters. The van der Waals surface area contributed by atoms with Crippen LogP contribution in [-0.2, 0) is 0 Å². The van der Waals surface area contributed by atoms with Crippen LogP contribution < -0.4 is 5.73 Å². The van der Waals surface area contributed by atoms with Gasteiger partial charge in [0.1, 0.15) is 0 Å². The number of amides is 1. The Morgan fingerprint density at radius 2 is 1.83 bits per heavy atom. The van der Waals surface area contributed by atoms with E-state index in [-0.39, 0.29) is 0 Å². The maximum Gasteiger partial charge on any atom is 0.251 e. The molecule has 0 aliphatic rings. The van der Waals surface area contributed by atoms with E-state index >= 15 is 0 Å². The summed E-state index contributed by atoms with van der Waals surface area (Å²) in [7, 11) is 0. The van der Waals surface area contributed by atoms with Crippen molar-refractivity contribution in [2.24, 2.45) is 5.73 Å². The van der Waals surface area contributed by atoms with Crippen molar-refractivity contribution in [2.75, 3.05) is 0 Å². The lowest BCUT2D eigenvalue weighted by Gasteiger charge is -2.12. The molecule has 0 saturated carbocycles. The zero-order valence-corrected chi connectivity index (χ0v) is 13.2. The van der Waals surface area contributed by atoms with Crippen LogP contribution in [0.15, 0.2) is 54.7 Å². The zero-order valence-electron chi connectivity index (χ0n) is 12.5. The van der Waals surface area contributed by atoms with E-state index in [0.717, 1.165) is 11.3 Å². The molecule has 114 valence electrons. The van der Waals surface area contributed by atoms with Gasteiger partial charge in [0.05, 0.1) is 22.6 Å². The van der Waals surface area contributed by atoms with Crippen molar-refractivity contribution >= 4 is 17.5 Å². The summed E-state index contributed by atoms with van der Waals surface area (Å²) < 4.78 is 0. The first-order valence-corrected chi connectivity index (χ1v) is 7.43. The normalized spacial score (nSPS) is 10.5. The van der Waals surface area contributed by atoms with Gasteiger partial charge in [-0.3, -0.25) is 14.8 Å². The van der Waals surface area contributed by atoms with E-state index in [0.29, 0.717) is 27.5 Å². The van der Waals surface area contributed by atoms with Crippen molar-refractivity contribution < 1.29 is 4.79 Å². The molecule has 0 fully saturated rings. The number of primary amides is 1. The number of rotatable bonds is 3. The van der Waals surface area contributed by atoms with Gasteiger partial charge in [-0.1, -0.05) is 29.8 Å². The summed E-state index contributed by atoms with van der Waals surface area (Å²) in [6, 6.07) is 14.7. The molecule has 0 radical (unpaired) electrons. The molecule has 4 nitrogen and oxygen atoms in total. The lowest BCUT2D eigenvalue weighted by molar-refractivity contribution is 0.1000. The number of carbonyl (C=O) groups excluding carboxylic acids is 1. The molecule has 0 bridgehead atoms. The smallest absolute Gasteiger partial charge is 0.251 e. The van der Waals surface area contributed by atoms with Crippen LogP contribution in [0.5, 0.6) is 0 Å². The topological polar surface area (TPSA) is 68.9 Å². The molecule has 2 heterocycles. The molecule has 0 spiro atoms. The Hall–Kier alpha value is -2.72. The van der Waals surface area contributed by atoms with Crippen LogP contribution in [0.1, 0.15) is 16.1 Å². The zero-order chi connectivity index (χ0) is 16.4. The predicted octanol–water partition coefficient (Wildman–Crippen LogP) is 3.87. The molecule has 0 atom stereocenters. The lowest BCUT2D eigenvalue weighted by atomic mass is 9.99. The molecule has 0 aliphatic carbocycles. The maximum absolute atomic E-state index is 11.8. The minimum atomic E-state index is -0.515. The molecule has 2 N–H and O–H groups in total. The van der Waals surface area contributed by atoms with Gasteiger partial charge in [0.25, 0.3) is 5.91 Å². The summed E-state index contributed by atoms with van der Waals surface area (Å²) in [6.07, 6.45) is 1.68. The molecule has 2 aromatic heterocycles. The Balaban J connectivity index is 2.23. The van der Waals surface area contributed by atoms with E-state index in [1.54, 1.807) is 25.3 Å². The SMILES string of the molecule is Cc1nc(-c2ccc(Cl)cc2)cc(-c2ccccn2)c1C(N)=O. The number of hydrogen-bond acceptors (Lipinski definition) is 3. The quantitative estimate of drug-likeness (QED) is 0.795. The van der Waals surface area contributed by atoms with E-state index in [4.69, 9.17) is 17.3 Å². The van der Waals surface area contributed by atoms with Gasteiger partial charge in [0.15, 0.2) is 0 Å². The third-order valence-corrected chi connectivity index (χ3v) is 3.78. The predicted molar refractivity (Wildman–Crippen MR) is 91.2 cm³/mol. The van der Waals surface area contributed by atoms with Crippen LogP contribution in [0.4, 0.5) is 0 Å². The van der Waals surface area contributed by atoms with E-state index in [9.17, 15) is 4.79 Å². The van der Waals surface area contributed by atoms with Gasteiger partial charge in [-0.05, 0) is 37.3 Å². The summed E-state index contributed by atoms with van der Waals surface area (Å²) in [4.78, 5) is 20.7. The van der Waals surface area contributed by atoms with Crippen molar-refractivity contribution in [1.29, 1.82) is 0 Å². The number of halogens is 1. The molecule has 0 aliphatic heterocycles. The first-order chi connectivity index (χ1) is 11.1. The third kappa shape index (κ3) is 3.07. The highest BCUT2D eigenvalue weighted by Gasteiger charge is 2.17. The average Bonchev–Trinajstić information content (AvgIpc) is 2.55. The highest BCUT2D eigenvalue weighted by Crippen LogP contribution is 2.29. The molecule has 0 saturated heterocycles. The Bertz CT molecular complexity index is 861. The summed E-state index contributed by atoms with van der Waals surface area (Å²) in [5.41, 5.74) is 9.51. The number of pyridine rings is 2. The standard InChI is InChI=1S/C18H14ClN3O/c1-11-17(18(20)23)14(15-4-2-3-9-21-15)10-16(22-11)12-5-7-13(19)8-6-12/h2-10H,1H3,(H2,20,23). The van der Waals surface area contributed by atoms with Crippen LogP contribution in [0.2, 0.25) is 5.02 Å². The molecule has 3 rings (SSSR count). The first kappa shape index (κ1) is 15.2. The summed E-state index contributed by atoms with van der Waals surface area (Å²) >= 11 is 5.93. The minimum Gasteiger partial charge on any atom is -0.366 e. The molecule has 5 heteroatoms. The van der Waals surface area contributed by atoms with E-state index < -0.39 is 5.91 Å². The van der Waals surface area contributed by atoms with Gasteiger partial charge < -0.3 is 5.73 Å². The van der Waals surface area contributed by atoms with Crippen LogP contribution in [0.25, 0.3) is 22.5 Å². The van der Waals surface area contributed by atoms with Crippen molar-refractivity contribution in [3.63, 3.8) is 0 Å². The van der Waals surface area contributed by atoms with Gasteiger partial charge in [-0.15, -0.1) is 0 Å². The van der Waals surface area contributed by atoms with Crippen molar-refractivity contribution in [3.05, 3.63) is 71.0 Å². The summed E-state index contributed by atoms with van der Waals surface area (Å²) in [5.74, 6) is -0.515. The van der Waals surface area contributed by atoms with Crippen molar-refractivity contribution in [2.45, 2.75) is 6.92 Å². The molecule has 23 heavy (non-hydrogen) atoms. The third-order valence-electron chi connectivity index (χ3n) is 3.53. The lowest BCUT2D eigenvalue weighted by Crippen LogP contribution is -2.15. The number of aromatic nitrogens is 2. The van der Waals surface area contributed by atoms with Gasteiger partial charge in [-0.2, -0.15) is 0 Å². The maximum atomic E-state index is 11.8. The summed E-state index contributed by atoms with van der Waals surface area (Å²) in [6.45, 7) is 1.77. The highest BCUT2D eigenvalue weighted by molar-refractivity contribution is 6.30. The van der Waals surface area contributed by atoms with E-state index in [1.165, 1.54) is 0 Å².